The van der Waals surface area contributed by atoms with E-state index in [0.717, 1.165) is 32.7 Å². The lowest BCUT2D eigenvalue weighted by Crippen LogP contribution is -2.48. The average Bonchev–Trinajstić information content (AvgIpc) is 3.27. The van der Waals surface area contributed by atoms with Crippen molar-refractivity contribution in [3.63, 3.8) is 0 Å². The van der Waals surface area contributed by atoms with Gasteiger partial charge in [0.05, 0.1) is 0 Å². The van der Waals surface area contributed by atoms with Crippen LogP contribution in [-0.4, -0.2) is 62.5 Å². The van der Waals surface area contributed by atoms with Crippen molar-refractivity contribution in [2.75, 3.05) is 50.7 Å². The van der Waals surface area contributed by atoms with Crippen LogP contribution in [0.4, 0.5) is 5.69 Å². The zero-order valence-corrected chi connectivity index (χ0v) is 16.9. The Hall–Kier alpha value is -2.38. The number of nitrogens with one attached hydrogen (secondary N) is 2. The van der Waals surface area contributed by atoms with E-state index < -0.39 is 0 Å². The van der Waals surface area contributed by atoms with Crippen LogP contribution in [0.15, 0.2) is 47.2 Å². The van der Waals surface area contributed by atoms with Crippen molar-refractivity contribution in [2.45, 2.75) is 12.8 Å². The lowest BCUT2D eigenvalue weighted by atomic mass is 10.2. The summed E-state index contributed by atoms with van der Waals surface area (Å²) >= 11 is 1.50. The Labute approximate surface area is 170 Å². The van der Waals surface area contributed by atoms with Gasteiger partial charge >= 0.3 is 0 Å². The first-order chi connectivity index (χ1) is 13.7. The predicted molar refractivity (Wildman–Crippen MR) is 114 cm³/mol. The summed E-state index contributed by atoms with van der Waals surface area (Å²) in [6.07, 6.45) is 1.09. The number of piperazine rings is 1. The van der Waals surface area contributed by atoms with Crippen molar-refractivity contribution in [3.8, 4) is 0 Å². The van der Waals surface area contributed by atoms with Crippen LogP contribution in [0, 0.1) is 0 Å². The molecule has 1 fully saturated rings. The molecule has 1 saturated heterocycles. The molecule has 0 aliphatic carbocycles. The molecular formula is C21H28N4O2S. The van der Waals surface area contributed by atoms with E-state index in [0.29, 0.717) is 31.5 Å². The summed E-state index contributed by atoms with van der Waals surface area (Å²) < 4.78 is 0. The van der Waals surface area contributed by atoms with Gasteiger partial charge in [0.15, 0.2) is 0 Å². The quantitative estimate of drug-likeness (QED) is 0.634. The number of rotatable bonds is 9. The van der Waals surface area contributed by atoms with Gasteiger partial charge in [-0.3, -0.25) is 14.5 Å². The number of amides is 2. The number of carbonyl (C=O) groups is 2. The second-order valence-corrected chi connectivity index (χ2v) is 7.67. The monoisotopic (exact) mass is 400 g/mol. The molecule has 2 N–H and O–H groups in total. The number of anilines is 1. The first-order valence-electron chi connectivity index (χ1n) is 9.82. The van der Waals surface area contributed by atoms with E-state index in [-0.39, 0.29) is 11.8 Å². The van der Waals surface area contributed by atoms with Crippen LogP contribution >= 0.6 is 11.3 Å². The molecule has 6 nitrogen and oxygen atoms in total. The molecule has 0 saturated carbocycles. The minimum absolute atomic E-state index is 0.0488. The fourth-order valence-corrected chi connectivity index (χ4v) is 3.89. The fourth-order valence-electron chi connectivity index (χ4n) is 3.26. The maximum Gasteiger partial charge on any atom is 0.252 e. The van der Waals surface area contributed by atoms with Gasteiger partial charge in [-0.1, -0.05) is 18.2 Å². The third-order valence-corrected chi connectivity index (χ3v) is 5.58. The second kappa shape index (κ2) is 10.8. The minimum atomic E-state index is -0.0729. The first-order valence-corrected chi connectivity index (χ1v) is 10.8. The highest BCUT2D eigenvalue weighted by molar-refractivity contribution is 7.08. The van der Waals surface area contributed by atoms with Crippen molar-refractivity contribution >= 4 is 28.8 Å². The Morgan fingerprint density at radius 1 is 0.964 bits per heavy atom. The molecule has 7 heteroatoms. The Morgan fingerprint density at radius 2 is 1.75 bits per heavy atom. The predicted octanol–water partition coefficient (Wildman–Crippen LogP) is 2.20. The van der Waals surface area contributed by atoms with Crippen LogP contribution in [0.2, 0.25) is 0 Å². The molecule has 0 unspecified atom stereocenters. The molecule has 0 spiro atoms. The molecule has 2 heterocycles. The van der Waals surface area contributed by atoms with Crippen LogP contribution in [0.25, 0.3) is 0 Å². The van der Waals surface area contributed by atoms with Gasteiger partial charge in [0.2, 0.25) is 5.91 Å². The molecule has 2 aromatic rings. The lowest BCUT2D eigenvalue weighted by molar-refractivity contribution is -0.121. The molecule has 1 aliphatic heterocycles. The van der Waals surface area contributed by atoms with E-state index >= 15 is 0 Å². The highest BCUT2D eigenvalue weighted by atomic mass is 32.1. The SMILES string of the molecule is O=C(CCCNC(=O)c1ccsc1)NCCN1CCN(c2ccccc2)CC1. The van der Waals surface area contributed by atoms with E-state index in [1.807, 2.05) is 16.8 Å². The standard InChI is InChI=1S/C21H28N4O2S/c26-20(7-4-9-23-21(27)18-8-16-28-17-18)22-10-11-24-12-14-25(15-13-24)19-5-2-1-3-6-19/h1-3,5-6,8,16-17H,4,7,9-15H2,(H,22,26)(H,23,27). The summed E-state index contributed by atoms with van der Waals surface area (Å²) in [5.74, 6) is -0.0241. The van der Waals surface area contributed by atoms with E-state index in [4.69, 9.17) is 0 Å². The van der Waals surface area contributed by atoms with Crippen LogP contribution in [-0.2, 0) is 4.79 Å². The molecule has 2 amide bonds. The van der Waals surface area contributed by atoms with E-state index in [1.54, 1.807) is 6.07 Å². The molecule has 150 valence electrons. The Balaban J connectivity index is 1.22. The van der Waals surface area contributed by atoms with Crippen molar-refractivity contribution in [2.24, 2.45) is 0 Å². The molecule has 0 radical (unpaired) electrons. The normalized spacial score (nSPS) is 14.6. The summed E-state index contributed by atoms with van der Waals surface area (Å²) in [6, 6.07) is 12.3. The topological polar surface area (TPSA) is 64.7 Å². The number of carbonyl (C=O) groups excluding carboxylic acids is 2. The molecule has 3 rings (SSSR count). The molecule has 28 heavy (non-hydrogen) atoms. The summed E-state index contributed by atoms with van der Waals surface area (Å²) in [4.78, 5) is 28.5. The van der Waals surface area contributed by atoms with E-state index in [9.17, 15) is 9.59 Å². The number of nitrogens with zero attached hydrogens (tertiary/aromatic N) is 2. The molecular weight excluding hydrogens is 372 g/mol. The highest BCUT2D eigenvalue weighted by Crippen LogP contribution is 2.15. The number of benzene rings is 1. The Bertz CT molecular complexity index is 728. The maximum absolute atomic E-state index is 11.9. The summed E-state index contributed by atoms with van der Waals surface area (Å²) in [7, 11) is 0. The third kappa shape index (κ3) is 6.35. The number of hydrogen-bond donors (Lipinski definition) is 2. The van der Waals surface area contributed by atoms with Gasteiger partial charge in [-0.15, -0.1) is 0 Å². The number of hydrogen-bond acceptors (Lipinski definition) is 5. The molecule has 1 aliphatic rings. The summed E-state index contributed by atoms with van der Waals surface area (Å²) in [6.45, 7) is 6.13. The lowest BCUT2D eigenvalue weighted by Gasteiger charge is -2.36. The van der Waals surface area contributed by atoms with Gasteiger partial charge < -0.3 is 15.5 Å². The van der Waals surface area contributed by atoms with Gasteiger partial charge in [-0.2, -0.15) is 11.3 Å². The van der Waals surface area contributed by atoms with Gasteiger partial charge in [0.25, 0.3) is 5.91 Å². The van der Waals surface area contributed by atoms with Gasteiger partial charge in [0, 0.05) is 68.9 Å². The van der Waals surface area contributed by atoms with Crippen LogP contribution in [0.1, 0.15) is 23.2 Å². The minimum Gasteiger partial charge on any atom is -0.369 e. The van der Waals surface area contributed by atoms with Crippen molar-refractivity contribution in [1.29, 1.82) is 0 Å². The smallest absolute Gasteiger partial charge is 0.252 e. The molecule has 0 bridgehead atoms. The largest absolute Gasteiger partial charge is 0.369 e. The first kappa shape index (κ1) is 20.4. The van der Waals surface area contributed by atoms with Crippen molar-refractivity contribution < 1.29 is 9.59 Å². The van der Waals surface area contributed by atoms with Gasteiger partial charge in [0.1, 0.15) is 0 Å². The molecule has 0 atom stereocenters. The summed E-state index contributed by atoms with van der Waals surface area (Å²) in [5, 5.41) is 9.52. The molecule has 1 aromatic carbocycles. The van der Waals surface area contributed by atoms with Crippen molar-refractivity contribution in [1.82, 2.24) is 15.5 Å². The molecule has 1 aromatic heterocycles. The average molecular weight is 401 g/mol. The van der Waals surface area contributed by atoms with Gasteiger partial charge in [-0.05, 0) is 30.0 Å². The van der Waals surface area contributed by atoms with Crippen LogP contribution in [0.5, 0.6) is 0 Å². The van der Waals surface area contributed by atoms with Crippen LogP contribution < -0.4 is 15.5 Å². The van der Waals surface area contributed by atoms with Crippen molar-refractivity contribution in [3.05, 3.63) is 52.7 Å². The zero-order valence-electron chi connectivity index (χ0n) is 16.1. The van der Waals surface area contributed by atoms with Gasteiger partial charge in [-0.25, -0.2) is 0 Å². The fraction of sp³-hybridized carbons (Fsp3) is 0.429. The maximum atomic E-state index is 11.9. The number of thiophene rings is 1. The highest BCUT2D eigenvalue weighted by Gasteiger charge is 2.16. The summed E-state index contributed by atoms with van der Waals surface area (Å²) in [5.41, 5.74) is 1.96. The number of para-hydroxylation sites is 1. The van der Waals surface area contributed by atoms with Crippen LogP contribution in [0.3, 0.4) is 0 Å². The van der Waals surface area contributed by atoms with E-state index in [2.05, 4.69) is 44.7 Å². The van der Waals surface area contributed by atoms with E-state index in [1.165, 1.54) is 17.0 Å². The zero-order chi connectivity index (χ0) is 19.6. The third-order valence-electron chi connectivity index (χ3n) is 4.89. The Kier molecular flexibility index (Phi) is 7.87. The second-order valence-electron chi connectivity index (χ2n) is 6.89. The Morgan fingerprint density at radius 3 is 2.46 bits per heavy atom.